The number of anilines is 1. The molecule has 0 heterocycles. The Labute approximate surface area is 125 Å². The summed E-state index contributed by atoms with van der Waals surface area (Å²) in [5.41, 5.74) is 0.937. The van der Waals surface area contributed by atoms with Crippen molar-refractivity contribution in [2.75, 3.05) is 5.32 Å². The van der Waals surface area contributed by atoms with Gasteiger partial charge in [-0.1, -0.05) is 26.0 Å². The number of ketones is 1. The second kappa shape index (κ2) is 5.36. The average molecular weight is 339 g/mol. The molecule has 20 heavy (non-hydrogen) atoms. The Bertz CT molecular complexity index is 608. The zero-order valence-corrected chi connectivity index (χ0v) is 12.9. The summed E-state index contributed by atoms with van der Waals surface area (Å²) >= 11 is 3.29. The van der Waals surface area contributed by atoms with Crippen molar-refractivity contribution in [2.24, 2.45) is 5.41 Å². The second-order valence-electron chi connectivity index (χ2n) is 5.63. The summed E-state index contributed by atoms with van der Waals surface area (Å²) in [6.07, 6.45) is 1.13. The van der Waals surface area contributed by atoms with Crippen LogP contribution in [-0.2, 0) is 4.79 Å². The van der Waals surface area contributed by atoms with Crippen molar-refractivity contribution in [1.29, 1.82) is 0 Å². The summed E-state index contributed by atoms with van der Waals surface area (Å²) in [6.45, 7) is 4.01. The molecule has 0 aromatic heterocycles. The van der Waals surface area contributed by atoms with E-state index in [-0.39, 0.29) is 16.9 Å². The fourth-order valence-electron chi connectivity index (χ4n) is 2.30. The van der Waals surface area contributed by atoms with Crippen molar-refractivity contribution in [2.45, 2.75) is 26.7 Å². The van der Waals surface area contributed by atoms with Gasteiger partial charge in [0.1, 0.15) is 5.69 Å². The van der Waals surface area contributed by atoms with Crippen molar-refractivity contribution in [3.8, 4) is 0 Å². The lowest BCUT2D eigenvalue weighted by molar-refractivity contribution is -0.383. The van der Waals surface area contributed by atoms with E-state index in [1.807, 2.05) is 13.8 Å². The van der Waals surface area contributed by atoms with Crippen molar-refractivity contribution in [3.05, 3.63) is 44.6 Å². The molecule has 6 heteroatoms. The van der Waals surface area contributed by atoms with E-state index in [0.717, 1.165) is 0 Å². The normalized spacial score (nSPS) is 18.1. The Morgan fingerprint density at radius 2 is 1.95 bits per heavy atom. The third-order valence-electron chi connectivity index (χ3n) is 3.19. The summed E-state index contributed by atoms with van der Waals surface area (Å²) in [5, 5.41) is 14.0. The standard InChI is InChI=1S/C14H15BrN2O3/c1-14(2)7-10(13(15)12(18)8-14)16-9-5-3-4-6-11(9)17(19)20/h3-6,16H,7-8H2,1-2H3. The van der Waals surface area contributed by atoms with Crippen LogP contribution in [0.15, 0.2) is 34.4 Å². The summed E-state index contributed by atoms with van der Waals surface area (Å²) in [7, 11) is 0. The minimum absolute atomic E-state index is 0.00358. The fraction of sp³-hybridized carbons (Fsp3) is 0.357. The highest BCUT2D eigenvalue weighted by Crippen LogP contribution is 2.39. The van der Waals surface area contributed by atoms with E-state index in [4.69, 9.17) is 0 Å². The number of hydrogen-bond acceptors (Lipinski definition) is 4. The Kier molecular flexibility index (Phi) is 3.94. The van der Waals surface area contributed by atoms with Crippen LogP contribution in [0.1, 0.15) is 26.7 Å². The molecule has 0 radical (unpaired) electrons. The average Bonchev–Trinajstić information content (AvgIpc) is 2.35. The van der Waals surface area contributed by atoms with Crippen molar-refractivity contribution < 1.29 is 9.72 Å². The number of allylic oxidation sites excluding steroid dienone is 2. The summed E-state index contributed by atoms with van der Waals surface area (Å²) in [6, 6.07) is 6.41. The van der Waals surface area contributed by atoms with Gasteiger partial charge in [-0.2, -0.15) is 0 Å². The summed E-state index contributed by atoms with van der Waals surface area (Å²) in [4.78, 5) is 22.5. The van der Waals surface area contributed by atoms with Crippen LogP contribution in [-0.4, -0.2) is 10.7 Å². The first-order valence-electron chi connectivity index (χ1n) is 6.22. The van der Waals surface area contributed by atoms with E-state index in [1.54, 1.807) is 18.2 Å². The number of benzene rings is 1. The maximum atomic E-state index is 12.0. The van der Waals surface area contributed by atoms with Gasteiger partial charge in [-0.3, -0.25) is 14.9 Å². The molecular weight excluding hydrogens is 324 g/mol. The largest absolute Gasteiger partial charge is 0.352 e. The molecular formula is C14H15BrN2O3. The fourth-order valence-corrected chi connectivity index (χ4v) is 2.68. The van der Waals surface area contributed by atoms with Gasteiger partial charge < -0.3 is 5.32 Å². The Balaban J connectivity index is 2.37. The molecule has 0 bridgehead atoms. The first-order chi connectivity index (χ1) is 9.30. The number of nitrogens with one attached hydrogen (secondary N) is 1. The maximum Gasteiger partial charge on any atom is 0.292 e. The lowest BCUT2D eigenvalue weighted by Crippen LogP contribution is -2.26. The van der Waals surface area contributed by atoms with Crippen LogP contribution in [0.5, 0.6) is 0 Å². The number of rotatable bonds is 3. The lowest BCUT2D eigenvalue weighted by atomic mass is 9.79. The number of halogens is 1. The van der Waals surface area contributed by atoms with Crippen LogP contribution in [0.3, 0.4) is 0 Å². The molecule has 1 aromatic rings. The molecule has 0 spiro atoms. The molecule has 0 saturated heterocycles. The van der Waals surface area contributed by atoms with Gasteiger partial charge in [0.25, 0.3) is 5.69 Å². The van der Waals surface area contributed by atoms with Gasteiger partial charge >= 0.3 is 0 Å². The molecule has 0 saturated carbocycles. The molecule has 2 rings (SSSR count). The minimum Gasteiger partial charge on any atom is -0.352 e. The summed E-state index contributed by atoms with van der Waals surface area (Å²) < 4.78 is 0.481. The van der Waals surface area contributed by atoms with E-state index in [2.05, 4.69) is 21.2 Å². The SMILES string of the molecule is CC1(C)CC(=O)C(Br)=C(Nc2ccccc2[N+](=O)[O-])C1. The van der Waals surface area contributed by atoms with E-state index in [0.29, 0.717) is 28.7 Å². The van der Waals surface area contributed by atoms with E-state index < -0.39 is 4.92 Å². The van der Waals surface area contributed by atoms with E-state index in [1.165, 1.54) is 6.07 Å². The molecule has 0 fully saturated rings. The maximum absolute atomic E-state index is 12.0. The van der Waals surface area contributed by atoms with Gasteiger partial charge in [0, 0.05) is 18.2 Å². The van der Waals surface area contributed by atoms with Gasteiger partial charge in [0.15, 0.2) is 5.78 Å². The number of nitrogens with zero attached hydrogens (tertiary/aromatic N) is 1. The number of hydrogen-bond donors (Lipinski definition) is 1. The van der Waals surface area contributed by atoms with Gasteiger partial charge in [-0.05, 0) is 33.8 Å². The Morgan fingerprint density at radius 1 is 1.30 bits per heavy atom. The third-order valence-corrected chi connectivity index (χ3v) is 4.11. The molecule has 1 aromatic carbocycles. The van der Waals surface area contributed by atoms with Crippen LogP contribution < -0.4 is 5.32 Å². The Hall–Kier alpha value is -1.69. The van der Waals surface area contributed by atoms with Crippen molar-refractivity contribution >= 4 is 33.1 Å². The molecule has 5 nitrogen and oxygen atoms in total. The summed E-state index contributed by atoms with van der Waals surface area (Å²) in [5.74, 6) is 0.0161. The van der Waals surface area contributed by atoms with Crippen LogP contribution in [0.25, 0.3) is 0 Å². The number of nitro groups is 1. The van der Waals surface area contributed by atoms with Crippen LogP contribution >= 0.6 is 15.9 Å². The van der Waals surface area contributed by atoms with Crippen LogP contribution in [0.4, 0.5) is 11.4 Å². The van der Waals surface area contributed by atoms with E-state index >= 15 is 0 Å². The van der Waals surface area contributed by atoms with Gasteiger partial charge in [-0.25, -0.2) is 0 Å². The minimum atomic E-state index is -0.438. The highest BCUT2D eigenvalue weighted by molar-refractivity contribution is 9.12. The first kappa shape index (κ1) is 14.7. The van der Waals surface area contributed by atoms with Gasteiger partial charge in [0.05, 0.1) is 9.41 Å². The molecule has 106 valence electrons. The predicted molar refractivity (Wildman–Crippen MR) is 80.7 cm³/mol. The second-order valence-corrected chi connectivity index (χ2v) is 6.43. The Morgan fingerprint density at radius 3 is 2.60 bits per heavy atom. The van der Waals surface area contributed by atoms with Gasteiger partial charge in [0.2, 0.25) is 0 Å². The molecule has 0 unspecified atom stereocenters. The molecule has 1 aliphatic rings. The van der Waals surface area contributed by atoms with Crippen LogP contribution in [0.2, 0.25) is 0 Å². The predicted octanol–water partition coefficient (Wildman–Crippen LogP) is 4.00. The highest BCUT2D eigenvalue weighted by Gasteiger charge is 2.32. The van der Waals surface area contributed by atoms with Crippen LogP contribution in [0, 0.1) is 15.5 Å². The first-order valence-corrected chi connectivity index (χ1v) is 7.02. The highest BCUT2D eigenvalue weighted by atomic mass is 79.9. The number of carbonyl (C=O) groups excluding carboxylic acids is 1. The molecule has 0 aliphatic heterocycles. The number of nitro benzene ring substituents is 1. The molecule has 0 amide bonds. The van der Waals surface area contributed by atoms with Crippen molar-refractivity contribution in [1.82, 2.24) is 0 Å². The zero-order chi connectivity index (χ0) is 14.9. The zero-order valence-electron chi connectivity index (χ0n) is 11.3. The number of para-hydroxylation sites is 2. The quantitative estimate of drug-likeness (QED) is 0.667. The topological polar surface area (TPSA) is 72.2 Å². The lowest BCUT2D eigenvalue weighted by Gasteiger charge is -2.30. The number of Topliss-reactive ketones (excluding diaryl/α,β-unsaturated/α-hetero) is 1. The number of carbonyl (C=O) groups is 1. The molecule has 1 aliphatic carbocycles. The van der Waals surface area contributed by atoms with E-state index in [9.17, 15) is 14.9 Å². The van der Waals surface area contributed by atoms with Gasteiger partial charge in [-0.15, -0.1) is 0 Å². The smallest absolute Gasteiger partial charge is 0.292 e. The van der Waals surface area contributed by atoms with Crippen molar-refractivity contribution in [3.63, 3.8) is 0 Å². The molecule has 0 atom stereocenters. The molecule has 1 N–H and O–H groups in total. The monoisotopic (exact) mass is 338 g/mol. The third kappa shape index (κ3) is 3.07.